The Kier molecular flexibility index (Phi) is 5.29. The summed E-state index contributed by atoms with van der Waals surface area (Å²) in [4.78, 5) is 15.4. The second-order valence-corrected chi connectivity index (χ2v) is 7.93. The maximum atomic E-state index is 13.2. The third-order valence-electron chi connectivity index (χ3n) is 5.79. The Balaban J connectivity index is 1.47. The van der Waals surface area contributed by atoms with Crippen LogP contribution in [0.15, 0.2) is 45.6 Å². The maximum absolute atomic E-state index is 13.2. The minimum Gasteiger partial charge on any atom is -0.497 e. The van der Waals surface area contributed by atoms with Gasteiger partial charge in [0, 0.05) is 19.7 Å². The molecule has 1 saturated heterocycles. The van der Waals surface area contributed by atoms with Gasteiger partial charge in [0.2, 0.25) is 11.2 Å². The predicted molar refractivity (Wildman–Crippen MR) is 115 cm³/mol. The van der Waals surface area contributed by atoms with Gasteiger partial charge in [-0.1, -0.05) is 0 Å². The summed E-state index contributed by atoms with van der Waals surface area (Å²) < 4.78 is 28.9. The summed E-state index contributed by atoms with van der Waals surface area (Å²) in [6, 6.07) is 10.7. The highest BCUT2D eigenvalue weighted by Crippen LogP contribution is 2.34. The van der Waals surface area contributed by atoms with Crippen molar-refractivity contribution < 1.29 is 23.4 Å². The molecule has 0 spiro atoms. The number of aryl methyl sites for hydroxylation is 1. The van der Waals surface area contributed by atoms with Crippen molar-refractivity contribution in [1.29, 1.82) is 0 Å². The van der Waals surface area contributed by atoms with E-state index in [4.69, 9.17) is 23.4 Å². The Bertz CT molecular complexity index is 1150. The largest absolute Gasteiger partial charge is 0.497 e. The molecule has 2 aromatic carbocycles. The summed E-state index contributed by atoms with van der Waals surface area (Å²) in [6.45, 7) is 4.52. The van der Waals surface area contributed by atoms with Gasteiger partial charge in [-0.25, -0.2) is 0 Å². The molecule has 7 heteroatoms. The molecule has 1 atom stereocenters. The minimum atomic E-state index is -0.200. The van der Waals surface area contributed by atoms with Crippen LogP contribution in [0.4, 0.5) is 0 Å². The Hall–Kier alpha value is -3.03. The fourth-order valence-electron chi connectivity index (χ4n) is 4.18. The Morgan fingerprint density at radius 1 is 1.13 bits per heavy atom. The monoisotopic (exact) mass is 423 g/mol. The fourth-order valence-corrected chi connectivity index (χ4v) is 4.18. The van der Waals surface area contributed by atoms with Crippen molar-refractivity contribution in [1.82, 2.24) is 4.90 Å². The van der Waals surface area contributed by atoms with E-state index in [-0.39, 0.29) is 17.3 Å². The van der Waals surface area contributed by atoms with Gasteiger partial charge in [-0.2, -0.15) is 0 Å². The van der Waals surface area contributed by atoms with E-state index in [1.165, 1.54) is 0 Å². The molecule has 0 amide bonds. The second kappa shape index (κ2) is 8.24. The summed E-state index contributed by atoms with van der Waals surface area (Å²) >= 11 is 0. The van der Waals surface area contributed by atoms with Gasteiger partial charge >= 0.3 is 0 Å². The SMILES string of the molecule is COc1ccc(Oc2c(C)oc3c4c(ccc3c2=O)OCN(C[C@H]2CCCO2)C4)cc1. The highest BCUT2D eigenvalue weighted by molar-refractivity contribution is 5.83. The molecule has 1 fully saturated rings. The molecule has 0 unspecified atom stereocenters. The lowest BCUT2D eigenvalue weighted by atomic mass is 10.1. The van der Waals surface area contributed by atoms with Crippen molar-refractivity contribution in [2.24, 2.45) is 0 Å². The van der Waals surface area contributed by atoms with Crippen LogP contribution >= 0.6 is 0 Å². The topological polar surface area (TPSA) is 70.4 Å². The number of hydrogen-bond donors (Lipinski definition) is 0. The summed E-state index contributed by atoms with van der Waals surface area (Å²) in [5, 5.41) is 0.482. The molecule has 5 rings (SSSR count). The first-order valence-electron chi connectivity index (χ1n) is 10.5. The van der Waals surface area contributed by atoms with Gasteiger partial charge in [0.05, 0.1) is 24.2 Å². The van der Waals surface area contributed by atoms with Crippen molar-refractivity contribution in [2.45, 2.75) is 32.4 Å². The van der Waals surface area contributed by atoms with E-state index in [9.17, 15) is 4.79 Å². The van der Waals surface area contributed by atoms with Crippen LogP contribution in [-0.2, 0) is 11.3 Å². The molecule has 3 heterocycles. The van der Waals surface area contributed by atoms with Crippen molar-refractivity contribution in [3.05, 3.63) is 57.9 Å². The van der Waals surface area contributed by atoms with E-state index in [0.29, 0.717) is 41.5 Å². The van der Waals surface area contributed by atoms with E-state index in [0.717, 1.165) is 37.3 Å². The Morgan fingerprint density at radius 2 is 1.94 bits per heavy atom. The molecule has 0 radical (unpaired) electrons. The first kappa shape index (κ1) is 19.9. The standard InChI is InChI=1S/C24H25NO6/c1-15-23(31-17-7-5-16(27-2)6-8-17)22(26)19-9-10-21-20(24(19)30-15)13-25(14-29-21)12-18-4-3-11-28-18/h5-10,18H,3-4,11-14H2,1-2H3/t18-/m1/s1. The van der Waals surface area contributed by atoms with Crippen molar-refractivity contribution in [3.63, 3.8) is 0 Å². The van der Waals surface area contributed by atoms with Crippen LogP contribution in [-0.4, -0.2) is 38.0 Å². The Morgan fingerprint density at radius 3 is 2.68 bits per heavy atom. The van der Waals surface area contributed by atoms with Gasteiger partial charge in [0.25, 0.3) is 0 Å². The van der Waals surface area contributed by atoms with Crippen molar-refractivity contribution in [3.8, 4) is 23.0 Å². The molecule has 3 aromatic rings. The number of methoxy groups -OCH3 is 1. The van der Waals surface area contributed by atoms with Crippen LogP contribution in [0.5, 0.6) is 23.0 Å². The lowest BCUT2D eigenvalue weighted by molar-refractivity contribution is 0.0281. The molecule has 2 aliphatic rings. The van der Waals surface area contributed by atoms with E-state index in [1.807, 2.05) is 6.07 Å². The van der Waals surface area contributed by atoms with Gasteiger partial charge in [-0.3, -0.25) is 9.69 Å². The molecule has 1 aromatic heterocycles. The molecule has 0 N–H and O–H groups in total. The zero-order valence-electron chi connectivity index (χ0n) is 17.7. The van der Waals surface area contributed by atoms with Gasteiger partial charge in [-0.15, -0.1) is 0 Å². The number of ether oxygens (including phenoxy) is 4. The first-order valence-corrected chi connectivity index (χ1v) is 10.5. The first-order chi connectivity index (χ1) is 15.1. The molecule has 162 valence electrons. The van der Waals surface area contributed by atoms with Crippen LogP contribution in [0.2, 0.25) is 0 Å². The fraction of sp³-hybridized carbons (Fsp3) is 0.375. The predicted octanol–water partition coefficient (Wildman–Crippen LogP) is 4.23. The van der Waals surface area contributed by atoms with Gasteiger partial charge < -0.3 is 23.4 Å². The zero-order valence-corrected chi connectivity index (χ0v) is 17.7. The van der Waals surface area contributed by atoms with Crippen LogP contribution in [0, 0.1) is 6.92 Å². The number of fused-ring (bicyclic) bond motifs is 3. The molecule has 7 nitrogen and oxygen atoms in total. The van der Waals surface area contributed by atoms with E-state index >= 15 is 0 Å². The van der Waals surface area contributed by atoms with E-state index < -0.39 is 0 Å². The number of rotatable bonds is 5. The number of nitrogens with zero attached hydrogens (tertiary/aromatic N) is 1. The second-order valence-electron chi connectivity index (χ2n) is 7.93. The van der Waals surface area contributed by atoms with E-state index in [1.54, 1.807) is 44.4 Å². The minimum absolute atomic E-state index is 0.186. The molecule has 0 aliphatic carbocycles. The maximum Gasteiger partial charge on any atom is 0.235 e. The number of benzene rings is 2. The molecule has 2 aliphatic heterocycles. The molecular weight excluding hydrogens is 398 g/mol. The zero-order chi connectivity index (χ0) is 21.4. The molecule has 0 saturated carbocycles. The van der Waals surface area contributed by atoms with Crippen molar-refractivity contribution >= 4 is 11.0 Å². The molecular formula is C24H25NO6. The van der Waals surface area contributed by atoms with Crippen LogP contribution in [0.25, 0.3) is 11.0 Å². The summed E-state index contributed by atoms with van der Waals surface area (Å²) in [5.74, 6) is 2.62. The summed E-state index contributed by atoms with van der Waals surface area (Å²) in [6.07, 6.45) is 2.40. The normalized spacial score (nSPS) is 18.6. The van der Waals surface area contributed by atoms with Crippen LogP contribution in [0.1, 0.15) is 24.2 Å². The smallest absolute Gasteiger partial charge is 0.235 e. The molecule has 0 bridgehead atoms. The summed E-state index contributed by atoms with van der Waals surface area (Å²) in [5.41, 5.74) is 1.24. The third kappa shape index (κ3) is 3.86. The Labute approximate surface area is 180 Å². The lowest BCUT2D eigenvalue weighted by Crippen LogP contribution is -2.37. The lowest BCUT2D eigenvalue weighted by Gasteiger charge is -2.30. The quantitative estimate of drug-likeness (QED) is 0.608. The third-order valence-corrected chi connectivity index (χ3v) is 5.79. The van der Waals surface area contributed by atoms with Crippen LogP contribution < -0.4 is 19.6 Å². The highest BCUT2D eigenvalue weighted by atomic mass is 16.5. The number of hydrogen-bond acceptors (Lipinski definition) is 7. The van der Waals surface area contributed by atoms with Crippen LogP contribution in [0.3, 0.4) is 0 Å². The van der Waals surface area contributed by atoms with Crippen molar-refractivity contribution in [2.75, 3.05) is 27.0 Å². The summed E-state index contributed by atoms with van der Waals surface area (Å²) in [7, 11) is 1.60. The highest BCUT2D eigenvalue weighted by Gasteiger charge is 2.27. The molecule has 31 heavy (non-hydrogen) atoms. The van der Waals surface area contributed by atoms with Gasteiger partial charge in [-0.05, 0) is 56.2 Å². The average Bonchev–Trinajstić information content (AvgIpc) is 3.30. The van der Waals surface area contributed by atoms with Gasteiger partial charge in [0.15, 0.2) is 0 Å². The average molecular weight is 423 g/mol. The van der Waals surface area contributed by atoms with Gasteiger partial charge in [0.1, 0.15) is 35.3 Å². The van der Waals surface area contributed by atoms with E-state index in [2.05, 4.69) is 4.90 Å².